The summed E-state index contributed by atoms with van der Waals surface area (Å²) in [5.74, 6) is 0. The highest BCUT2D eigenvalue weighted by Crippen LogP contribution is 2.26. The van der Waals surface area contributed by atoms with Crippen LogP contribution in [0.3, 0.4) is 0 Å². The van der Waals surface area contributed by atoms with Crippen molar-refractivity contribution in [3.05, 3.63) is 32.1 Å². The Kier molecular flexibility index (Phi) is 3.86. The van der Waals surface area contributed by atoms with Crippen molar-refractivity contribution in [2.75, 3.05) is 6.61 Å². The van der Waals surface area contributed by atoms with Crippen molar-refractivity contribution >= 4 is 11.6 Å². The molecule has 1 aromatic heterocycles. The van der Waals surface area contributed by atoms with Crippen molar-refractivity contribution in [3.63, 3.8) is 0 Å². The van der Waals surface area contributed by atoms with Crippen LogP contribution in [0.5, 0.6) is 0 Å². The van der Waals surface area contributed by atoms with Crippen LogP contribution in [-0.2, 0) is 4.74 Å². The largest absolute Gasteiger partial charge is 0.394 e. The first-order valence-corrected chi connectivity index (χ1v) is 5.86. The van der Waals surface area contributed by atoms with Crippen LogP contribution in [0, 0.1) is 0 Å². The number of nitrogens with zero attached hydrogens (tertiary/aromatic N) is 1. The number of aliphatic hydroxyl groups is 2. The molecule has 3 atom stereocenters. The van der Waals surface area contributed by atoms with E-state index in [4.69, 9.17) is 21.4 Å². The molecule has 8 heteroatoms. The lowest BCUT2D eigenvalue weighted by molar-refractivity contribution is -0.165. The number of halogens is 1. The maximum absolute atomic E-state index is 11.6. The summed E-state index contributed by atoms with van der Waals surface area (Å²) in [6.07, 6.45) is -0.295. The Morgan fingerprint density at radius 3 is 2.89 bits per heavy atom. The zero-order valence-corrected chi connectivity index (χ0v) is 10.1. The summed E-state index contributed by atoms with van der Waals surface area (Å²) in [6, 6.07) is 0. The van der Waals surface area contributed by atoms with Crippen LogP contribution in [-0.4, -0.2) is 38.6 Å². The molecular weight excluding hydrogens is 264 g/mol. The molecule has 0 amide bonds. The van der Waals surface area contributed by atoms with Crippen molar-refractivity contribution in [2.24, 2.45) is 0 Å². The summed E-state index contributed by atoms with van der Waals surface area (Å²) in [6.45, 7) is -0.199. The molecule has 2 heterocycles. The van der Waals surface area contributed by atoms with Crippen LogP contribution < -0.4 is 11.2 Å². The lowest BCUT2D eigenvalue weighted by Crippen LogP contribution is -2.43. The molecule has 1 aliphatic rings. The minimum Gasteiger partial charge on any atom is -0.394 e. The summed E-state index contributed by atoms with van der Waals surface area (Å²) < 4.78 is 6.42. The van der Waals surface area contributed by atoms with Crippen molar-refractivity contribution < 1.29 is 14.9 Å². The predicted octanol–water partition coefficient (Wildman–Crippen LogP) is -0.779. The van der Waals surface area contributed by atoms with Gasteiger partial charge in [-0.1, -0.05) is 11.6 Å². The quantitative estimate of drug-likeness (QED) is 0.657. The van der Waals surface area contributed by atoms with Gasteiger partial charge in [0.1, 0.15) is 5.02 Å². The molecule has 0 saturated carbocycles. The van der Waals surface area contributed by atoms with Crippen LogP contribution >= 0.6 is 11.6 Å². The summed E-state index contributed by atoms with van der Waals surface area (Å²) >= 11 is 5.63. The summed E-state index contributed by atoms with van der Waals surface area (Å²) in [4.78, 5) is 24.8. The van der Waals surface area contributed by atoms with Gasteiger partial charge < -0.3 is 14.9 Å². The Hall–Kier alpha value is -1.15. The van der Waals surface area contributed by atoms with Gasteiger partial charge in [-0.05, 0) is 12.8 Å². The summed E-state index contributed by atoms with van der Waals surface area (Å²) in [5.41, 5.74) is -1.41. The van der Waals surface area contributed by atoms with E-state index in [2.05, 4.69) is 0 Å². The number of hydrogen-bond acceptors (Lipinski definition) is 5. The first kappa shape index (κ1) is 13.3. The van der Waals surface area contributed by atoms with Crippen molar-refractivity contribution in [1.82, 2.24) is 9.55 Å². The number of rotatable bonds is 2. The minimum absolute atomic E-state index is 0.170. The summed E-state index contributed by atoms with van der Waals surface area (Å²) in [5, 5.41) is 18.7. The van der Waals surface area contributed by atoms with Crippen molar-refractivity contribution in [3.8, 4) is 0 Å². The van der Waals surface area contributed by atoms with Gasteiger partial charge in [-0.2, -0.15) is 0 Å². The second kappa shape index (κ2) is 5.23. The van der Waals surface area contributed by atoms with Gasteiger partial charge in [0.25, 0.3) is 5.56 Å². The third kappa shape index (κ3) is 2.49. The van der Waals surface area contributed by atoms with E-state index in [0.717, 1.165) is 10.8 Å². The standard InChI is InChI=1S/C10H13ClN2O5/c11-6-3-13(10(17)12-8(6)16)9-7(15)2-1-5(4-14)18-9/h3,5,7,9,14-15H,1-2,4H2,(H,12,16,17)/t5-,7+,9+/m0/s1. The molecule has 0 bridgehead atoms. The van der Waals surface area contributed by atoms with Crippen molar-refractivity contribution in [1.29, 1.82) is 0 Å². The monoisotopic (exact) mass is 276 g/mol. The fourth-order valence-corrected chi connectivity index (χ4v) is 2.04. The highest BCUT2D eigenvalue weighted by molar-refractivity contribution is 6.30. The molecule has 7 nitrogen and oxygen atoms in total. The Morgan fingerprint density at radius 2 is 2.22 bits per heavy atom. The lowest BCUT2D eigenvalue weighted by atomic mass is 10.1. The van der Waals surface area contributed by atoms with Gasteiger partial charge in [-0.3, -0.25) is 14.3 Å². The van der Waals surface area contributed by atoms with Crippen LogP contribution in [0.15, 0.2) is 15.8 Å². The number of hydrogen-bond donors (Lipinski definition) is 3. The first-order chi connectivity index (χ1) is 8.52. The summed E-state index contributed by atoms with van der Waals surface area (Å²) in [7, 11) is 0. The van der Waals surface area contributed by atoms with E-state index in [1.165, 1.54) is 0 Å². The lowest BCUT2D eigenvalue weighted by Gasteiger charge is -2.33. The Labute approximate surface area is 107 Å². The van der Waals surface area contributed by atoms with Crippen LogP contribution in [0.25, 0.3) is 0 Å². The normalized spacial score (nSPS) is 28.3. The van der Waals surface area contributed by atoms with Gasteiger partial charge >= 0.3 is 5.69 Å². The maximum atomic E-state index is 11.6. The van der Waals surface area contributed by atoms with E-state index in [9.17, 15) is 14.7 Å². The number of aliphatic hydroxyl groups excluding tert-OH is 2. The highest BCUT2D eigenvalue weighted by atomic mass is 35.5. The molecule has 0 aromatic carbocycles. The van der Waals surface area contributed by atoms with Crippen LogP contribution in [0.1, 0.15) is 19.1 Å². The van der Waals surface area contributed by atoms with Crippen LogP contribution in [0.2, 0.25) is 5.02 Å². The fraction of sp³-hybridized carbons (Fsp3) is 0.600. The van der Waals surface area contributed by atoms with Gasteiger partial charge in [0.05, 0.1) is 18.8 Å². The molecule has 1 fully saturated rings. The average Bonchev–Trinajstić information content (AvgIpc) is 2.35. The van der Waals surface area contributed by atoms with E-state index < -0.39 is 29.7 Å². The Morgan fingerprint density at radius 1 is 1.50 bits per heavy atom. The van der Waals surface area contributed by atoms with Gasteiger partial charge in [0.15, 0.2) is 6.23 Å². The molecule has 3 N–H and O–H groups in total. The van der Waals surface area contributed by atoms with E-state index in [-0.39, 0.29) is 11.6 Å². The third-order valence-corrected chi connectivity index (χ3v) is 3.12. The average molecular weight is 277 g/mol. The van der Waals surface area contributed by atoms with Crippen molar-refractivity contribution in [2.45, 2.75) is 31.3 Å². The molecule has 18 heavy (non-hydrogen) atoms. The van der Waals surface area contributed by atoms with E-state index in [1.807, 2.05) is 4.98 Å². The molecule has 1 aromatic rings. The van der Waals surface area contributed by atoms with E-state index in [1.54, 1.807) is 0 Å². The third-order valence-electron chi connectivity index (χ3n) is 2.85. The SMILES string of the molecule is O=c1[nH]c(=O)n([C@@H]2O[C@H](CO)CC[C@H]2O)cc1Cl. The number of H-pyrrole nitrogens is 1. The predicted molar refractivity (Wildman–Crippen MR) is 62.6 cm³/mol. The zero-order chi connectivity index (χ0) is 13.3. The molecule has 0 spiro atoms. The number of aromatic amines is 1. The zero-order valence-electron chi connectivity index (χ0n) is 9.38. The molecule has 2 rings (SSSR count). The van der Waals surface area contributed by atoms with E-state index in [0.29, 0.717) is 12.8 Å². The molecule has 1 saturated heterocycles. The topological polar surface area (TPSA) is 105 Å². The minimum atomic E-state index is -0.960. The van der Waals surface area contributed by atoms with Gasteiger partial charge in [0.2, 0.25) is 0 Å². The number of aromatic nitrogens is 2. The molecule has 0 unspecified atom stereocenters. The molecule has 0 radical (unpaired) electrons. The molecule has 0 aliphatic carbocycles. The van der Waals surface area contributed by atoms with Gasteiger partial charge in [-0.15, -0.1) is 0 Å². The second-order valence-electron chi connectivity index (χ2n) is 4.12. The highest BCUT2D eigenvalue weighted by Gasteiger charge is 2.31. The van der Waals surface area contributed by atoms with Gasteiger partial charge in [-0.25, -0.2) is 4.79 Å². The number of nitrogens with one attached hydrogen (secondary N) is 1. The maximum Gasteiger partial charge on any atom is 0.330 e. The fourth-order valence-electron chi connectivity index (χ4n) is 1.89. The van der Waals surface area contributed by atoms with Crippen LogP contribution in [0.4, 0.5) is 0 Å². The Bertz CT molecular complexity index is 540. The molecule has 100 valence electrons. The number of ether oxygens (including phenoxy) is 1. The van der Waals surface area contributed by atoms with Gasteiger partial charge in [0, 0.05) is 6.20 Å². The second-order valence-corrected chi connectivity index (χ2v) is 4.53. The Balaban J connectivity index is 2.37. The molecule has 1 aliphatic heterocycles. The smallest absolute Gasteiger partial charge is 0.330 e. The molecular formula is C10H13ClN2O5. The van der Waals surface area contributed by atoms with E-state index >= 15 is 0 Å². The first-order valence-electron chi connectivity index (χ1n) is 5.48.